The largest absolute Gasteiger partial charge is 0.396 e. The van der Waals surface area contributed by atoms with E-state index in [1.165, 1.54) is 12.8 Å². The molecule has 4 rings (SSSR count). The standard InChI is InChI=1S/C24H34N6O2/c1-16(2)22(23-26-27-28-30(23)20-7-4-5-8-20)29(11-6-12-31)15-19-14-18-13-17(3)9-10-21(18)25-24(19)32/h9-10,13-14,16,20,22,31H,4-8,11-12,15H2,1-3H3,(H,25,32)/t22-/m1/s1. The lowest BCUT2D eigenvalue weighted by molar-refractivity contribution is 0.120. The Hall–Kier alpha value is -2.58. The minimum atomic E-state index is -0.0757. The zero-order valence-corrected chi connectivity index (χ0v) is 19.3. The van der Waals surface area contributed by atoms with Gasteiger partial charge < -0.3 is 10.1 Å². The van der Waals surface area contributed by atoms with Gasteiger partial charge in [0.15, 0.2) is 5.82 Å². The second kappa shape index (κ2) is 9.92. The maximum absolute atomic E-state index is 12.9. The molecule has 2 heterocycles. The van der Waals surface area contributed by atoms with Crippen LogP contribution in [0.2, 0.25) is 0 Å². The summed E-state index contributed by atoms with van der Waals surface area (Å²) in [4.78, 5) is 18.2. The van der Waals surface area contributed by atoms with Gasteiger partial charge in [-0.15, -0.1) is 5.10 Å². The summed E-state index contributed by atoms with van der Waals surface area (Å²) in [5.74, 6) is 1.10. The molecule has 0 unspecified atom stereocenters. The van der Waals surface area contributed by atoms with Crippen LogP contribution in [0.15, 0.2) is 29.1 Å². The van der Waals surface area contributed by atoms with Crippen LogP contribution in [0.5, 0.6) is 0 Å². The summed E-state index contributed by atoms with van der Waals surface area (Å²) in [5.41, 5.74) is 2.64. The van der Waals surface area contributed by atoms with Crippen LogP contribution in [0, 0.1) is 12.8 Å². The Morgan fingerprint density at radius 1 is 1.25 bits per heavy atom. The molecule has 3 aromatic rings. The first kappa shape index (κ1) is 22.6. The highest BCUT2D eigenvalue weighted by Crippen LogP contribution is 2.34. The van der Waals surface area contributed by atoms with E-state index in [2.05, 4.69) is 52.2 Å². The highest BCUT2D eigenvalue weighted by Gasteiger charge is 2.32. The Kier molecular flexibility index (Phi) is 7.01. The molecule has 0 amide bonds. The highest BCUT2D eigenvalue weighted by molar-refractivity contribution is 5.79. The van der Waals surface area contributed by atoms with Crippen molar-refractivity contribution < 1.29 is 5.11 Å². The molecule has 0 spiro atoms. The van der Waals surface area contributed by atoms with Crippen molar-refractivity contribution in [3.63, 3.8) is 0 Å². The number of aromatic nitrogens is 5. The number of nitrogens with zero attached hydrogens (tertiary/aromatic N) is 5. The van der Waals surface area contributed by atoms with Crippen LogP contribution in [-0.2, 0) is 6.54 Å². The minimum Gasteiger partial charge on any atom is -0.396 e. The van der Waals surface area contributed by atoms with Crippen molar-refractivity contribution in [2.75, 3.05) is 13.2 Å². The molecule has 0 bridgehead atoms. The quantitative estimate of drug-likeness (QED) is 0.530. The molecule has 0 saturated heterocycles. The van der Waals surface area contributed by atoms with E-state index in [-0.39, 0.29) is 24.1 Å². The van der Waals surface area contributed by atoms with Gasteiger partial charge in [-0.25, -0.2) is 4.68 Å². The van der Waals surface area contributed by atoms with Gasteiger partial charge in [-0.1, -0.05) is 38.3 Å². The third kappa shape index (κ3) is 4.76. The number of aryl methyl sites for hydroxylation is 1. The Balaban J connectivity index is 1.70. The predicted molar refractivity (Wildman–Crippen MR) is 124 cm³/mol. The van der Waals surface area contributed by atoms with Crippen LogP contribution in [0.1, 0.15) is 75.0 Å². The van der Waals surface area contributed by atoms with Gasteiger partial charge in [0, 0.05) is 30.8 Å². The molecule has 1 aliphatic carbocycles. The van der Waals surface area contributed by atoms with Gasteiger partial charge in [-0.3, -0.25) is 9.69 Å². The molecule has 0 radical (unpaired) electrons. The summed E-state index contributed by atoms with van der Waals surface area (Å²) in [7, 11) is 0. The fourth-order valence-electron chi connectivity index (χ4n) is 4.99. The molecule has 1 aliphatic rings. The average Bonchev–Trinajstić information content (AvgIpc) is 3.44. The molecular weight excluding hydrogens is 404 g/mol. The highest BCUT2D eigenvalue weighted by atomic mass is 16.3. The number of aliphatic hydroxyl groups is 1. The lowest BCUT2D eigenvalue weighted by Crippen LogP contribution is -2.37. The van der Waals surface area contributed by atoms with Crippen LogP contribution in [0.25, 0.3) is 10.9 Å². The van der Waals surface area contributed by atoms with E-state index in [4.69, 9.17) is 0 Å². The van der Waals surface area contributed by atoms with Crippen molar-refractivity contribution in [3.05, 3.63) is 51.6 Å². The molecule has 32 heavy (non-hydrogen) atoms. The van der Waals surface area contributed by atoms with Crippen LogP contribution in [0.3, 0.4) is 0 Å². The number of H-pyrrole nitrogens is 1. The summed E-state index contributed by atoms with van der Waals surface area (Å²) in [5, 5.41) is 23.4. The van der Waals surface area contributed by atoms with Gasteiger partial charge >= 0.3 is 0 Å². The number of rotatable bonds is 9. The van der Waals surface area contributed by atoms with Crippen molar-refractivity contribution in [2.45, 2.75) is 71.5 Å². The van der Waals surface area contributed by atoms with Crippen molar-refractivity contribution >= 4 is 10.9 Å². The Bertz CT molecular complexity index is 1100. The second-order valence-corrected chi connectivity index (χ2v) is 9.37. The van der Waals surface area contributed by atoms with Gasteiger partial charge in [0.25, 0.3) is 5.56 Å². The first-order valence-electron chi connectivity index (χ1n) is 11.7. The summed E-state index contributed by atoms with van der Waals surface area (Å²) in [6.45, 7) is 7.61. The van der Waals surface area contributed by atoms with Crippen LogP contribution < -0.4 is 5.56 Å². The van der Waals surface area contributed by atoms with Crippen molar-refractivity contribution in [2.24, 2.45) is 5.92 Å². The Morgan fingerprint density at radius 2 is 2.03 bits per heavy atom. The van der Waals surface area contributed by atoms with E-state index in [1.54, 1.807) is 0 Å². The van der Waals surface area contributed by atoms with E-state index < -0.39 is 0 Å². The molecule has 8 nitrogen and oxygen atoms in total. The first-order chi connectivity index (χ1) is 15.5. The number of hydrogen-bond donors (Lipinski definition) is 2. The van der Waals surface area contributed by atoms with Crippen molar-refractivity contribution in [3.8, 4) is 0 Å². The molecule has 2 N–H and O–H groups in total. The van der Waals surface area contributed by atoms with Crippen LogP contribution in [-0.4, -0.2) is 48.3 Å². The zero-order valence-electron chi connectivity index (χ0n) is 19.3. The molecule has 0 aliphatic heterocycles. The lowest BCUT2D eigenvalue weighted by atomic mass is 9.99. The topological polar surface area (TPSA) is 99.9 Å². The molecule has 1 aromatic carbocycles. The van der Waals surface area contributed by atoms with Gasteiger partial charge in [0.1, 0.15) is 0 Å². The first-order valence-corrected chi connectivity index (χ1v) is 11.7. The summed E-state index contributed by atoms with van der Waals surface area (Å²) >= 11 is 0. The second-order valence-electron chi connectivity index (χ2n) is 9.37. The summed E-state index contributed by atoms with van der Waals surface area (Å²) < 4.78 is 2.01. The van der Waals surface area contributed by atoms with Crippen LogP contribution in [0.4, 0.5) is 0 Å². The maximum atomic E-state index is 12.9. The van der Waals surface area contributed by atoms with Gasteiger partial charge in [0.2, 0.25) is 0 Å². The fraction of sp³-hybridized carbons (Fsp3) is 0.583. The number of hydrogen-bond acceptors (Lipinski definition) is 6. The third-order valence-corrected chi connectivity index (χ3v) is 6.53. The molecule has 1 fully saturated rings. The predicted octanol–water partition coefficient (Wildman–Crippen LogP) is 3.52. The van der Waals surface area contributed by atoms with Gasteiger partial charge in [-0.2, -0.15) is 0 Å². The SMILES string of the molecule is Cc1ccc2[nH]c(=O)c(CN(CCCO)[C@@H](c3nnnn3C3CCCC3)C(C)C)cc2c1. The molecule has 1 saturated carbocycles. The number of fused-ring (bicyclic) bond motifs is 1. The fourth-order valence-corrected chi connectivity index (χ4v) is 4.99. The molecule has 2 aromatic heterocycles. The lowest BCUT2D eigenvalue weighted by Gasteiger charge is -2.34. The average molecular weight is 439 g/mol. The normalized spacial score (nSPS) is 15.9. The van der Waals surface area contributed by atoms with Crippen molar-refractivity contribution in [1.82, 2.24) is 30.1 Å². The number of aromatic amines is 1. The summed E-state index contributed by atoms with van der Waals surface area (Å²) in [6, 6.07) is 8.32. The van der Waals surface area contributed by atoms with Gasteiger partial charge in [-0.05, 0) is 66.1 Å². The number of benzene rings is 1. The molecule has 1 atom stereocenters. The summed E-state index contributed by atoms with van der Waals surface area (Å²) in [6.07, 6.45) is 5.23. The van der Waals surface area contributed by atoms with E-state index in [9.17, 15) is 9.90 Å². The van der Waals surface area contributed by atoms with Crippen molar-refractivity contribution in [1.29, 1.82) is 0 Å². The zero-order chi connectivity index (χ0) is 22.7. The number of pyridine rings is 1. The third-order valence-electron chi connectivity index (χ3n) is 6.53. The monoisotopic (exact) mass is 438 g/mol. The molecule has 172 valence electrons. The molecule has 8 heteroatoms. The number of aliphatic hydroxyl groups excluding tert-OH is 1. The minimum absolute atomic E-state index is 0.0512. The maximum Gasteiger partial charge on any atom is 0.252 e. The Morgan fingerprint density at radius 3 is 2.75 bits per heavy atom. The van der Waals surface area contributed by atoms with Gasteiger partial charge in [0.05, 0.1) is 12.1 Å². The smallest absolute Gasteiger partial charge is 0.252 e. The molecular formula is C24H34N6O2. The number of tetrazole rings is 1. The van der Waals surface area contributed by atoms with E-state index in [0.29, 0.717) is 31.1 Å². The van der Waals surface area contributed by atoms with E-state index in [0.717, 1.165) is 35.1 Å². The van der Waals surface area contributed by atoms with Crippen LogP contribution >= 0.6 is 0 Å². The number of nitrogens with one attached hydrogen (secondary N) is 1. The van der Waals surface area contributed by atoms with E-state index in [1.807, 2.05) is 22.9 Å². The Labute approximate surface area is 188 Å². The van der Waals surface area contributed by atoms with E-state index >= 15 is 0 Å².